The molecule has 0 radical (unpaired) electrons. The Bertz CT molecular complexity index is 1630. The number of ether oxygens (including phenoxy) is 2. The zero-order chi connectivity index (χ0) is 27.2. The number of anilines is 1. The van der Waals surface area contributed by atoms with Gasteiger partial charge in [-0.15, -0.1) is 11.3 Å². The smallest absolute Gasteiger partial charge is 0.263 e. The topological polar surface area (TPSA) is 82.5 Å². The Morgan fingerprint density at radius 1 is 0.974 bits per heavy atom. The number of nitrogens with one attached hydrogen (secondary N) is 1. The molecule has 0 bridgehead atoms. The highest BCUT2D eigenvalue weighted by Gasteiger charge is 2.18. The van der Waals surface area contributed by atoms with Crippen molar-refractivity contribution in [3.63, 3.8) is 0 Å². The molecule has 0 aliphatic carbocycles. The van der Waals surface area contributed by atoms with Crippen molar-refractivity contribution in [3.8, 4) is 22.6 Å². The summed E-state index contributed by atoms with van der Waals surface area (Å²) in [4.78, 5) is 32.3. The van der Waals surface area contributed by atoms with E-state index >= 15 is 0 Å². The van der Waals surface area contributed by atoms with Crippen LogP contribution in [0, 0.1) is 0 Å². The highest BCUT2D eigenvalue weighted by Crippen LogP contribution is 2.32. The number of methoxy groups -OCH3 is 2. The van der Waals surface area contributed by atoms with Gasteiger partial charge in [-0.25, -0.2) is 4.98 Å². The number of aryl methyl sites for hydroxylation is 1. The molecule has 7 nitrogen and oxygen atoms in total. The van der Waals surface area contributed by atoms with E-state index in [1.165, 1.54) is 23.1 Å². The predicted octanol–water partition coefficient (Wildman–Crippen LogP) is 6.12. The van der Waals surface area contributed by atoms with Crippen molar-refractivity contribution in [1.29, 1.82) is 0 Å². The molecule has 0 spiro atoms. The van der Waals surface area contributed by atoms with Gasteiger partial charge in [-0.1, -0.05) is 72.4 Å². The van der Waals surface area contributed by atoms with Crippen LogP contribution in [0.2, 0.25) is 0 Å². The summed E-state index contributed by atoms with van der Waals surface area (Å²) in [7, 11) is 3.11. The Kier molecular flexibility index (Phi) is 8.29. The third-order valence-electron chi connectivity index (χ3n) is 6.18. The van der Waals surface area contributed by atoms with Crippen LogP contribution in [-0.4, -0.2) is 35.4 Å². The lowest BCUT2D eigenvalue weighted by atomic mass is 10.1. The molecular formula is C30H27N3O4S2. The number of carbonyl (C=O) groups excluding carboxylic acids is 1. The van der Waals surface area contributed by atoms with Gasteiger partial charge in [0.05, 0.1) is 25.4 Å². The van der Waals surface area contributed by atoms with E-state index in [2.05, 4.69) is 5.32 Å². The second-order valence-electron chi connectivity index (χ2n) is 8.72. The van der Waals surface area contributed by atoms with Gasteiger partial charge in [0.2, 0.25) is 5.91 Å². The van der Waals surface area contributed by atoms with Crippen LogP contribution in [-0.2, 0) is 17.8 Å². The zero-order valence-electron chi connectivity index (χ0n) is 21.5. The normalized spacial score (nSPS) is 10.9. The molecule has 3 aromatic carbocycles. The molecule has 0 saturated heterocycles. The lowest BCUT2D eigenvalue weighted by Crippen LogP contribution is -2.25. The standard InChI is InChI=1S/C30H27N3O4S2/c1-36-23-15-22(16-24(17-23)37-2)31-26(34)19-39-30-32-28-27(25(18-38-28)21-11-7-4-8-12-21)29(35)33(30)14-13-20-9-5-3-6-10-20/h3-12,15-18H,13-14,19H2,1-2H3,(H,31,34). The molecule has 198 valence electrons. The van der Waals surface area contributed by atoms with E-state index in [-0.39, 0.29) is 17.2 Å². The maximum absolute atomic E-state index is 13.9. The van der Waals surface area contributed by atoms with Gasteiger partial charge >= 0.3 is 0 Å². The fourth-order valence-electron chi connectivity index (χ4n) is 4.24. The van der Waals surface area contributed by atoms with Crippen molar-refractivity contribution in [3.05, 3.63) is 100 Å². The van der Waals surface area contributed by atoms with Crippen LogP contribution in [0.4, 0.5) is 5.69 Å². The van der Waals surface area contributed by atoms with Crippen molar-refractivity contribution >= 4 is 44.9 Å². The van der Waals surface area contributed by atoms with Crippen LogP contribution in [0.5, 0.6) is 11.5 Å². The zero-order valence-corrected chi connectivity index (χ0v) is 23.2. The molecule has 1 N–H and O–H groups in total. The maximum Gasteiger partial charge on any atom is 0.263 e. The van der Waals surface area contributed by atoms with Gasteiger partial charge in [0.1, 0.15) is 16.3 Å². The summed E-state index contributed by atoms with van der Waals surface area (Å²) >= 11 is 2.69. The molecule has 2 aromatic heterocycles. The Hall–Kier alpha value is -4.08. The lowest BCUT2D eigenvalue weighted by Gasteiger charge is -2.13. The third kappa shape index (κ3) is 6.16. The number of hydrogen-bond acceptors (Lipinski definition) is 7. The summed E-state index contributed by atoms with van der Waals surface area (Å²) in [6.07, 6.45) is 0.669. The number of amides is 1. The first-order valence-corrected chi connectivity index (χ1v) is 14.2. The quantitative estimate of drug-likeness (QED) is 0.165. The average molecular weight is 558 g/mol. The number of hydrogen-bond donors (Lipinski definition) is 1. The highest BCUT2D eigenvalue weighted by molar-refractivity contribution is 7.99. The van der Waals surface area contributed by atoms with E-state index in [4.69, 9.17) is 14.5 Å². The van der Waals surface area contributed by atoms with Gasteiger partial charge in [-0.05, 0) is 17.5 Å². The Labute approximate surface area is 234 Å². The van der Waals surface area contributed by atoms with Gasteiger partial charge in [-0.3, -0.25) is 14.2 Å². The molecule has 2 heterocycles. The number of aromatic nitrogens is 2. The molecule has 0 aliphatic rings. The Morgan fingerprint density at radius 2 is 1.64 bits per heavy atom. The summed E-state index contributed by atoms with van der Waals surface area (Å²) < 4.78 is 12.3. The predicted molar refractivity (Wildman–Crippen MR) is 158 cm³/mol. The molecule has 5 rings (SSSR count). The number of fused-ring (bicyclic) bond motifs is 1. The van der Waals surface area contributed by atoms with Gasteiger partial charge in [0.15, 0.2) is 5.16 Å². The minimum atomic E-state index is -0.226. The monoisotopic (exact) mass is 557 g/mol. The fourth-order valence-corrected chi connectivity index (χ4v) is 6.05. The van der Waals surface area contributed by atoms with Crippen molar-refractivity contribution in [1.82, 2.24) is 9.55 Å². The molecule has 0 atom stereocenters. The molecule has 1 amide bonds. The summed E-state index contributed by atoms with van der Waals surface area (Å²) in [6.45, 7) is 0.451. The summed E-state index contributed by atoms with van der Waals surface area (Å²) in [5.74, 6) is 1.01. The van der Waals surface area contributed by atoms with Gasteiger partial charge in [0.25, 0.3) is 5.56 Å². The Morgan fingerprint density at radius 3 is 2.31 bits per heavy atom. The van der Waals surface area contributed by atoms with E-state index in [1.807, 2.05) is 66.0 Å². The third-order valence-corrected chi connectivity index (χ3v) is 8.03. The SMILES string of the molecule is COc1cc(NC(=O)CSc2nc3scc(-c4ccccc4)c3c(=O)n2CCc2ccccc2)cc(OC)c1. The number of carbonyl (C=O) groups is 1. The maximum atomic E-state index is 13.9. The van der Waals surface area contributed by atoms with Crippen LogP contribution in [0.1, 0.15) is 5.56 Å². The van der Waals surface area contributed by atoms with Crippen LogP contribution in [0.15, 0.2) is 94.2 Å². The van der Waals surface area contributed by atoms with Crippen LogP contribution < -0.4 is 20.3 Å². The van der Waals surface area contributed by atoms with Crippen molar-refractivity contribution in [2.24, 2.45) is 0 Å². The second-order valence-corrected chi connectivity index (χ2v) is 10.5. The van der Waals surface area contributed by atoms with Gasteiger partial charge in [0, 0.05) is 41.4 Å². The van der Waals surface area contributed by atoms with Crippen molar-refractivity contribution in [2.45, 2.75) is 18.1 Å². The van der Waals surface area contributed by atoms with Gasteiger partial charge < -0.3 is 14.8 Å². The molecule has 5 aromatic rings. The van der Waals surface area contributed by atoms with E-state index in [0.717, 1.165) is 16.7 Å². The number of rotatable bonds is 10. The number of benzene rings is 3. The Balaban J connectivity index is 1.44. The summed E-state index contributed by atoms with van der Waals surface area (Å²) in [5, 5.41) is 5.99. The molecule has 0 aliphatic heterocycles. The number of nitrogens with zero attached hydrogens (tertiary/aromatic N) is 2. The summed E-state index contributed by atoms with van der Waals surface area (Å²) in [5.41, 5.74) is 3.44. The lowest BCUT2D eigenvalue weighted by molar-refractivity contribution is -0.113. The first kappa shape index (κ1) is 26.5. The van der Waals surface area contributed by atoms with Crippen LogP contribution >= 0.6 is 23.1 Å². The molecule has 9 heteroatoms. The molecule has 0 saturated carbocycles. The molecule has 0 fully saturated rings. The molecule has 0 unspecified atom stereocenters. The summed E-state index contributed by atoms with van der Waals surface area (Å²) in [6, 6.07) is 25.1. The van der Waals surface area contributed by atoms with Crippen LogP contribution in [0.3, 0.4) is 0 Å². The van der Waals surface area contributed by atoms with E-state index in [9.17, 15) is 9.59 Å². The second kappa shape index (κ2) is 12.2. The van der Waals surface area contributed by atoms with E-state index < -0.39 is 0 Å². The van der Waals surface area contributed by atoms with E-state index in [0.29, 0.717) is 45.5 Å². The van der Waals surface area contributed by atoms with E-state index in [1.54, 1.807) is 37.0 Å². The van der Waals surface area contributed by atoms with Gasteiger partial charge in [-0.2, -0.15) is 0 Å². The average Bonchev–Trinajstić information content (AvgIpc) is 3.40. The minimum Gasteiger partial charge on any atom is -0.497 e. The van der Waals surface area contributed by atoms with Crippen molar-refractivity contribution < 1.29 is 14.3 Å². The van der Waals surface area contributed by atoms with Crippen LogP contribution in [0.25, 0.3) is 21.3 Å². The molecular weight excluding hydrogens is 530 g/mol. The fraction of sp³-hybridized carbons (Fsp3) is 0.167. The van der Waals surface area contributed by atoms with Crippen molar-refractivity contribution in [2.75, 3.05) is 25.3 Å². The number of thiophene rings is 1. The first-order valence-electron chi connectivity index (χ1n) is 12.3. The largest absolute Gasteiger partial charge is 0.497 e. The first-order chi connectivity index (χ1) is 19.1. The number of thioether (sulfide) groups is 1. The molecule has 39 heavy (non-hydrogen) atoms. The minimum absolute atomic E-state index is 0.0831. The highest BCUT2D eigenvalue weighted by atomic mass is 32.2.